The quantitative estimate of drug-likeness (QED) is 0.333. The molecule has 46 heavy (non-hydrogen) atoms. The fourth-order valence-corrected chi connectivity index (χ4v) is 11.1. The van der Waals surface area contributed by atoms with Crippen LogP contribution in [0.25, 0.3) is 0 Å². The normalized spacial score (nSPS) is 29.7. The maximum Gasteiger partial charge on any atom is 0.435 e. The first-order valence-corrected chi connectivity index (χ1v) is 16.6. The number of carbonyl (C=O) groups is 2. The monoisotopic (exact) mass is 695 g/mol. The minimum atomic E-state index is -6.35. The van der Waals surface area contributed by atoms with Crippen LogP contribution in [0.5, 0.6) is 0 Å². The zero-order chi connectivity index (χ0) is 33.7. The molecule has 1 heterocycles. The highest BCUT2D eigenvalue weighted by atomic mass is 35.5. The highest BCUT2D eigenvalue weighted by Crippen LogP contribution is 2.61. The van der Waals surface area contributed by atoms with Crippen molar-refractivity contribution >= 4 is 33.3 Å². The summed E-state index contributed by atoms with van der Waals surface area (Å²) in [7, 11) is -4.53. The first-order valence-electron chi connectivity index (χ1n) is 14.8. The molecule has 1 saturated heterocycles. The van der Waals surface area contributed by atoms with E-state index in [1.165, 1.54) is 29.2 Å². The fraction of sp³-hybridized carbons (Fsp3) is 0.548. The summed E-state index contributed by atoms with van der Waals surface area (Å²) in [5.74, 6) is -1.26. The maximum atomic E-state index is 15.1. The number of benzene rings is 2. The molecule has 4 fully saturated rings. The molecule has 250 valence electrons. The number of carbonyl (C=O) groups excluding carboxylic acids is 1. The molecule has 2 atom stereocenters. The van der Waals surface area contributed by atoms with Gasteiger partial charge in [0.2, 0.25) is 5.91 Å². The van der Waals surface area contributed by atoms with Crippen LogP contribution in [0.4, 0.5) is 30.7 Å². The van der Waals surface area contributed by atoms with Crippen LogP contribution in [-0.2, 0) is 36.3 Å². The Bertz CT molecular complexity index is 1690. The molecular formula is C31H29ClF7NO5S. The molecule has 2 bridgehead atoms. The summed E-state index contributed by atoms with van der Waals surface area (Å²) in [5, 5.41) is 9.85. The van der Waals surface area contributed by atoms with E-state index >= 15 is 4.39 Å². The third-order valence-corrected chi connectivity index (χ3v) is 13.8. The van der Waals surface area contributed by atoms with Crippen molar-refractivity contribution < 1.29 is 53.8 Å². The largest absolute Gasteiger partial charge is 0.481 e. The van der Waals surface area contributed by atoms with Crippen LogP contribution in [0.15, 0.2) is 47.4 Å². The molecule has 0 spiro atoms. The van der Waals surface area contributed by atoms with Crippen molar-refractivity contribution in [2.24, 2.45) is 10.8 Å². The van der Waals surface area contributed by atoms with E-state index in [4.69, 9.17) is 11.6 Å². The molecule has 6 nitrogen and oxygen atoms in total. The Morgan fingerprint density at radius 1 is 0.848 bits per heavy atom. The minimum Gasteiger partial charge on any atom is -0.481 e. The standard InChI is InChI=1S/C31H29ClF7NO5S/c32-20-2-1-3-21(17-20)46(44,45)28-14-15-40(24(41)26-8-11-27(12-9-26,13-10-26)25(42)43)23(28)7-4-18-16-19(5-6-22(18)28)29(33,30(34,35)36)31(37,38)39/h1-3,5-6,16-17,23H,4,7-15H2,(H,42,43). The fourth-order valence-electron chi connectivity index (χ4n) is 8.45. The number of likely N-dealkylation sites (tertiary alicyclic amines) is 1. The Labute approximate surface area is 264 Å². The summed E-state index contributed by atoms with van der Waals surface area (Å²) in [4.78, 5) is 27.5. The highest BCUT2D eigenvalue weighted by Gasteiger charge is 2.74. The van der Waals surface area contributed by atoms with E-state index < -0.39 is 61.0 Å². The molecule has 3 saturated carbocycles. The predicted octanol–water partition coefficient (Wildman–Crippen LogP) is 7.27. The number of rotatable bonds is 5. The van der Waals surface area contributed by atoms with Crippen LogP contribution in [0.1, 0.15) is 68.1 Å². The van der Waals surface area contributed by atoms with Gasteiger partial charge in [0, 0.05) is 22.5 Å². The Kier molecular flexibility index (Phi) is 7.41. The maximum absolute atomic E-state index is 15.1. The van der Waals surface area contributed by atoms with Crippen molar-refractivity contribution in [1.82, 2.24) is 4.90 Å². The van der Waals surface area contributed by atoms with Crippen molar-refractivity contribution in [3.8, 4) is 0 Å². The lowest BCUT2D eigenvalue weighted by Gasteiger charge is -2.52. The molecule has 0 radical (unpaired) electrons. The van der Waals surface area contributed by atoms with Gasteiger partial charge in [-0.05, 0) is 87.1 Å². The van der Waals surface area contributed by atoms with E-state index in [9.17, 15) is 49.5 Å². The van der Waals surface area contributed by atoms with E-state index in [1.807, 2.05) is 0 Å². The molecule has 0 aromatic heterocycles. The molecule has 1 aliphatic heterocycles. The zero-order valence-electron chi connectivity index (χ0n) is 24.1. The summed E-state index contributed by atoms with van der Waals surface area (Å²) in [6.07, 6.45) is -11.5. The number of carboxylic acid groups (broad SMARTS) is 1. The van der Waals surface area contributed by atoms with Crippen molar-refractivity contribution in [1.29, 1.82) is 0 Å². The molecule has 7 rings (SSSR count). The number of hydrogen-bond donors (Lipinski definition) is 1. The lowest BCUT2D eigenvalue weighted by Crippen LogP contribution is -2.57. The van der Waals surface area contributed by atoms with Gasteiger partial charge in [0.05, 0.1) is 16.4 Å². The van der Waals surface area contributed by atoms with E-state index in [0.29, 0.717) is 31.4 Å². The Balaban J connectivity index is 1.48. The number of aliphatic carboxylic acids is 1. The van der Waals surface area contributed by atoms with Crippen molar-refractivity contribution in [2.45, 2.75) is 91.5 Å². The van der Waals surface area contributed by atoms with Gasteiger partial charge >= 0.3 is 24.0 Å². The minimum absolute atomic E-state index is 0.0640. The first-order chi connectivity index (χ1) is 21.3. The van der Waals surface area contributed by atoms with E-state index in [1.54, 1.807) is 0 Å². The molecule has 4 aliphatic carbocycles. The molecular weight excluding hydrogens is 667 g/mol. The highest BCUT2D eigenvalue weighted by molar-refractivity contribution is 7.92. The third-order valence-electron chi connectivity index (χ3n) is 11.1. The van der Waals surface area contributed by atoms with Crippen LogP contribution in [0.3, 0.4) is 0 Å². The lowest BCUT2D eigenvalue weighted by atomic mass is 9.53. The van der Waals surface area contributed by atoms with Crippen LogP contribution < -0.4 is 0 Å². The second kappa shape index (κ2) is 10.3. The van der Waals surface area contributed by atoms with Crippen LogP contribution >= 0.6 is 11.6 Å². The van der Waals surface area contributed by atoms with Crippen molar-refractivity contribution in [3.63, 3.8) is 0 Å². The van der Waals surface area contributed by atoms with Crippen LogP contribution in [-0.4, -0.2) is 55.2 Å². The predicted molar refractivity (Wildman–Crippen MR) is 150 cm³/mol. The van der Waals surface area contributed by atoms with E-state index in [0.717, 1.165) is 6.07 Å². The lowest BCUT2D eigenvalue weighted by molar-refractivity contribution is -0.348. The number of hydrogen-bond acceptors (Lipinski definition) is 4. The Morgan fingerprint density at radius 2 is 1.43 bits per heavy atom. The summed E-state index contributed by atoms with van der Waals surface area (Å²) in [6.45, 7) is -0.0749. The Morgan fingerprint density at radius 3 is 1.98 bits per heavy atom. The number of halogens is 8. The van der Waals surface area contributed by atoms with Gasteiger partial charge in [-0.1, -0.05) is 35.9 Å². The summed E-state index contributed by atoms with van der Waals surface area (Å²) >= 11 is 6.12. The molecule has 2 aromatic rings. The van der Waals surface area contributed by atoms with Crippen LogP contribution in [0, 0.1) is 10.8 Å². The third kappa shape index (κ3) is 4.37. The molecule has 2 unspecified atom stereocenters. The second-order valence-electron chi connectivity index (χ2n) is 13.0. The average molecular weight is 696 g/mol. The van der Waals surface area contributed by atoms with E-state index in [-0.39, 0.29) is 72.0 Å². The molecule has 1 N–H and O–H groups in total. The second-order valence-corrected chi connectivity index (χ2v) is 15.7. The van der Waals surface area contributed by atoms with Crippen LogP contribution in [0.2, 0.25) is 5.02 Å². The Hall–Kier alpha value is -2.87. The van der Waals surface area contributed by atoms with Gasteiger partial charge < -0.3 is 10.0 Å². The van der Waals surface area contributed by atoms with Crippen molar-refractivity contribution in [2.75, 3.05) is 6.54 Å². The topological polar surface area (TPSA) is 91.8 Å². The number of nitrogens with zero attached hydrogens (tertiary/aromatic N) is 1. The van der Waals surface area contributed by atoms with Gasteiger partial charge in [0.1, 0.15) is 4.75 Å². The number of alkyl halides is 7. The molecule has 15 heteroatoms. The van der Waals surface area contributed by atoms with Gasteiger partial charge in [0.15, 0.2) is 9.84 Å². The summed E-state index contributed by atoms with van der Waals surface area (Å²) in [5.41, 5.74) is -9.52. The molecule has 1 amide bonds. The zero-order valence-corrected chi connectivity index (χ0v) is 25.7. The smallest absolute Gasteiger partial charge is 0.435 e. The van der Waals surface area contributed by atoms with Gasteiger partial charge in [-0.2, -0.15) is 26.3 Å². The van der Waals surface area contributed by atoms with Gasteiger partial charge in [-0.15, -0.1) is 0 Å². The van der Waals surface area contributed by atoms with E-state index in [2.05, 4.69) is 0 Å². The number of sulfone groups is 1. The number of carboxylic acids is 1. The average Bonchev–Trinajstić information content (AvgIpc) is 3.41. The number of amides is 1. The summed E-state index contributed by atoms with van der Waals surface area (Å²) < 4.78 is 124. The van der Waals surface area contributed by atoms with Gasteiger partial charge in [-0.25, -0.2) is 12.8 Å². The van der Waals surface area contributed by atoms with Crippen molar-refractivity contribution in [3.05, 3.63) is 64.2 Å². The molecule has 5 aliphatic rings. The van der Waals surface area contributed by atoms with Gasteiger partial charge in [0.25, 0.3) is 0 Å². The molecule has 2 aromatic carbocycles. The number of fused-ring (bicyclic) bond motifs is 6. The van der Waals surface area contributed by atoms with Gasteiger partial charge in [-0.3, -0.25) is 9.59 Å². The SMILES string of the molecule is O=C(O)C12CCC(C(=O)N3CCC4(S(=O)(=O)c5cccc(Cl)c5)c5ccc(C(F)(C(F)(F)F)C(F)(F)F)cc5CCC34)(CC1)CC2. The number of aryl methyl sites for hydroxylation is 1. The summed E-state index contributed by atoms with van der Waals surface area (Å²) in [6, 6.07) is 5.80. The first kappa shape index (κ1) is 33.0.